The van der Waals surface area contributed by atoms with Gasteiger partial charge < -0.3 is 10.0 Å². The van der Waals surface area contributed by atoms with Gasteiger partial charge in [0.15, 0.2) is 0 Å². The van der Waals surface area contributed by atoms with Crippen molar-refractivity contribution in [1.82, 2.24) is 4.72 Å². The van der Waals surface area contributed by atoms with Gasteiger partial charge in [-0.1, -0.05) is 19.1 Å². The molecule has 0 amide bonds. The molecule has 0 radical (unpaired) electrons. The van der Waals surface area contributed by atoms with Crippen LogP contribution in [0.4, 0.5) is 5.69 Å². The summed E-state index contributed by atoms with van der Waals surface area (Å²) in [7, 11) is -2.28. The quantitative estimate of drug-likeness (QED) is 0.821. The maximum absolute atomic E-state index is 11.7. The van der Waals surface area contributed by atoms with Crippen molar-refractivity contribution in [3.63, 3.8) is 0 Å². The van der Waals surface area contributed by atoms with Crippen molar-refractivity contribution in [2.24, 2.45) is 0 Å². The molecule has 0 unspecified atom stereocenters. The fourth-order valence-electron chi connectivity index (χ4n) is 1.74. The van der Waals surface area contributed by atoms with Gasteiger partial charge in [-0.15, -0.1) is 0 Å². The van der Waals surface area contributed by atoms with Crippen molar-refractivity contribution >= 4 is 15.7 Å². The Bertz CT molecular complexity index is 460. The Morgan fingerprint density at radius 2 is 2.00 bits per heavy atom. The first-order chi connectivity index (χ1) is 8.15. The normalized spacial score (nSPS) is 16.8. The van der Waals surface area contributed by atoms with E-state index in [0.717, 1.165) is 25.8 Å². The molecule has 0 saturated heterocycles. The van der Waals surface area contributed by atoms with Gasteiger partial charge in [0.25, 0.3) is 0 Å². The zero-order valence-corrected chi connectivity index (χ0v) is 10.9. The molecular weight excluding hydrogens is 240 g/mol. The highest BCUT2D eigenvalue weighted by Crippen LogP contribution is 2.27. The summed E-state index contributed by atoms with van der Waals surface area (Å²) in [6.07, 6.45) is 0.996. The molecular formula is C11H18N2O3S. The van der Waals surface area contributed by atoms with Gasteiger partial charge in [-0.2, -0.15) is 4.72 Å². The molecule has 1 heterocycles. The van der Waals surface area contributed by atoms with E-state index < -0.39 is 10.0 Å². The summed E-state index contributed by atoms with van der Waals surface area (Å²) in [5.74, 6) is 0. The van der Waals surface area contributed by atoms with E-state index in [1.807, 2.05) is 17.0 Å². The molecule has 2 rings (SSSR count). The van der Waals surface area contributed by atoms with Gasteiger partial charge in [0.05, 0.1) is 12.4 Å². The minimum absolute atomic E-state index is 0.368. The van der Waals surface area contributed by atoms with Crippen LogP contribution in [-0.4, -0.2) is 33.8 Å². The van der Waals surface area contributed by atoms with Crippen molar-refractivity contribution in [1.29, 1.82) is 0 Å². The van der Waals surface area contributed by atoms with Gasteiger partial charge in [0, 0.05) is 13.7 Å². The number of hydrogen-bond donors (Lipinski definition) is 2. The number of sulfonamides is 1. The first-order valence-corrected chi connectivity index (χ1v) is 6.92. The number of aliphatic hydroxyl groups is 1. The number of aliphatic hydroxyl groups excluding tert-OH is 1. The van der Waals surface area contributed by atoms with Crippen LogP contribution in [-0.2, 0) is 10.0 Å². The minimum atomic E-state index is -3.28. The lowest BCUT2D eigenvalue weighted by atomic mass is 10.3. The Balaban J connectivity index is 0.000000686. The predicted octanol–water partition coefficient (Wildman–Crippen LogP) is 0.761. The molecule has 0 spiro atoms. The van der Waals surface area contributed by atoms with Crippen molar-refractivity contribution in [3.8, 4) is 0 Å². The van der Waals surface area contributed by atoms with E-state index in [9.17, 15) is 8.42 Å². The maximum Gasteiger partial charge on any atom is 0.244 e. The van der Waals surface area contributed by atoms with Crippen LogP contribution in [0, 0.1) is 0 Å². The molecule has 2 N–H and O–H groups in total. The number of hydrogen-bond acceptors (Lipinski definition) is 4. The number of rotatable bonds is 2. The predicted molar refractivity (Wildman–Crippen MR) is 67.4 cm³/mol. The fourth-order valence-corrected chi connectivity index (χ4v) is 2.95. The molecule has 5 nitrogen and oxygen atoms in total. The molecule has 0 atom stereocenters. The summed E-state index contributed by atoms with van der Waals surface area (Å²) in [6.45, 7) is 3.30. The number of anilines is 1. The second-order valence-electron chi connectivity index (χ2n) is 3.54. The smallest absolute Gasteiger partial charge is 0.244 e. The average molecular weight is 258 g/mol. The van der Waals surface area contributed by atoms with E-state index in [1.54, 1.807) is 12.1 Å². The van der Waals surface area contributed by atoms with E-state index in [2.05, 4.69) is 11.6 Å². The van der Waals surface area contributed by atoms with Crippen LogP contribution in [0.2, 0.25) is 0 Å². The second-order valence-corrected chi connectivity index (χ2v) is 5.27. The number of nitrogens with zero attached hydrogens (tertiary/aromatic N) is 1. The molecule has 17 heavy (non-hydrogen) atoms. The topological polar surface area (TPSA) is 69.6 Å². The third-order valence-corrected chi connectivity index (χ3v) is 3.87. The first kappa shape index (κ1) is 14.0. The molecule has 1 aliphatic rings. The Kier molecular flexibility index (Phi) is 4.92. The summed E-state index contributed by atoms with van der Waals surface area (Å²) in [6, 6.07) is 7.10. The van der Waals surface area contributed by atoms with Crippen LogP contribution in [0.15, 0.2) is 29.2 Å². The monoisotopic (exact) mass is 258 g/mol. The highest BCUT2D eigenvalue weighted by Gasteiger charge is 2.26. The van der Waals surface area contributed by atoms with Crippen LogP contribution in [0.1, 0.15) is 13.3 Å². The SMILES string of the molecule is CCCN1CNS(=O)(=O)c2ccccc21.CO. The molecule has 1 aliphatic heterocycles. The molecule has 1 aromatic rings. The van der Waals surface area contributed by atoms with E-state index in [0.29, 0.717) is 11.6 Å². The molecule has 0 aromatic heterocycles. The lowest BCUT2D eigenvalue weighted by molar-refractivity contribution is 0.399. The number of para-hydroxylation sites is 1. The van der Waals surface area contributed by atoms with Crippen LogP contribution >= 0.6 is 0 Å². The van der Waals surface area contributed by atoms with Gasteiger partial charge in [-0.05, 0) is 18.6 Å². The first-order valence-electron chi connectivity index (χ1n) is 5.43. The van der Waals surface area contributed by atoms with Gasteiger partial charge >= 0.3 is 0 Å². The van der Waals surface area contributed by atoms with Crippen LogP contribution in [0.25, 0.3) is 0 Å². The molecule has 0 bridgehead atoms. The lowest BCUT2D eigenvalue weighted by Crippen LogP contribution is -2.43. The largest absolute Gasteiger partial charge is 0.400 e. The Morgan fingerprint density at radius 1 is 1.35 bits per heavy atom. The highest BCUT2D eigenvalue weighted by molar-refractivity contribution is 7.89. The number of benzene rings is 1. The molecule has 0 saturated carbocycles. The third kappa shape index (κ3) is 2.96. The standard InChI is InChI=1S/C10H14N2O2S.CH4O/c1-2-7-12-8-11-15(13,14)10-6-4-3-5-9(10)12;1-2/h3-6,11H,2,7-8H2,1H3;2H,1H3. The summed E-state index contributed by atoms with van der Waals surface area (Å²) < 4.78 is 25.9. The average Bonchev–Trinajstić information content (AvgIpc) is 2.36. The minimum Gasteiger partial charge on any atom is -0.400 e. The van der Waals surface area contributed by atoms with Gasteiger partial charge in [-0.3, -0.25) is 0 Å². The highest BCUT2D eigenvalue weighted by atomic mass is 32.2. The number of nitrogens with one attached hydrogen (secondary N) is 1. The Labute approximate surface area is 102 Å². The molecule has 0 aliphatic carbocycles. The summed E-state index contributed by atoms with van der Waals surface area (Å²) in [4.78, 5) is 2.42. The zero-order valence-electron chi connectivity index (χ0n) is 10.0. The number of fused-ring (bicyclic) bond motifs is 1. The van der Waals surface area contributed by atoms with E-state index in [1.165, 1.54) is 0 Å². The fraction of sp³-hybridized carbons (Fsp3) is 0.455. The van der Waals surface area contributed by atoms with Crippen molar-refractivity contribution in [3.05, 3.63) is 24.3 Å². The summed E-state index contributed by atoms with van der Waals surface area (Å²) in [5, 5.41) is 7.00. The van der Waals surface area contributed by atoms with Crippen molar-refractivity contribution < 1.29 is 13.5 Å². The maximum atomic E-state index is 11.7. The molecule has 1 aromatic carbocycles. The van der Waals surface area contributed by atoms with Gasteiger partial charge in [0.1, 0.15) is 4.90 Å². The second kappa shape index (κ2) is 6.00. The van der Waals surface area contributed by atoms with Crippen molar-refractivity contribution in [2.45, 2.75) is 18.2 Å². The summed E-state index contributed by atoms with van der Waals surface area (Å²) in [5.41, 5.74) is 0.804. The Morgan fingerprint density at radius 3 is 2.65 bits per heavy atom. The van der Waals surface area contributed by atoms with E-state index in [-0.39, 0.29) is 0 Å². The summed E-state index contributed by atoms with van der Waals surface area (Å²) >= 11 is 0. The third-order valence-electron chi connectivity index (χ3n) is 2.43. The zero-order chi connectivity index (χ0) is 12.9. The molecule has 0 fully saturated rings. The van der Waals surface area contributed by atoms with E-state index >= 15 is 0 Å². The van der Waals surface area contributed by atoms with Gasteiger partial charge in [0.2, 0.25) is 10.0 Å². The molecule has 96 valence electrons. The lowest BCUT2D eigenvalue weighted by Gasteiger charge is -2.30. The van der Waals surface area contributed by atoms with Gasteiger partial charge in [-0.25, -0.2) is 8.42 Å². The van der Waals surface area contributed by atoms with Crippen LogP contribution in [0.5, 0.6) is 0 Å². The molecule has 6 heteroatoms. The van der Waals surface area contributed by atoms with Crippen molar-refractivity contribution in [2.75, 3.05) is 25.2 Å². The van der Waals surface area contributed by atoms with Crippen LogP contribution in [0.3, 0.4) is 0 Å². The Hall–Kier alpha value is -1.11. The van der Waals surface area contributed by atoms with E-state index in [4.69, 9.17) is 5.11 Å². The van der Waals surface area contributed by atoms with Crippen LogP contribution < -0.4 is 9.62 Å².